The maximum atomic E-state index is 8.92. The molecule has 1 atom stereocenters. The van der Waals surface area contributed by atoms with Crippen LogP contribution in [0.5, 0.6) is 0 Å². The zero-order valence-corrected chi connectivity index (χ0v) is 18.2. The van der Waals surface area contributed by atoms with Crippen LogP contribution in [0.15, 0.2) is 91.0 Å². The van der Waals surface area contributed by atoms with Crippen molar-refractivity contribution in [2.75, 3.05) is 11.1 Å². The lowest BCUT2D eigenvalue weighted by Crippen LogP contribution is -2.23. The lowest BCUT2D eigenvalue weighted by atomic mass is 9.97. The summed E-state index contributed by atoms with van der Waals surface area (Å²) in [5.74, 6) is 0.354. The monoisotopic (exact) mass is 429 g/mol. The summed E-state index contributed by atoms with van der Waals surface area (Å²) in [7, 11) is 0. The third-order valence-electron chi connectivity index (χ3n) is 6.34. The number of nitrogens with zero attached hydrogens (tertiary/aromatic N) is 2. The average Bonchev–Trinajstić information content (AvgIpc) is 3.16. The van der Waals surface area contributed by atoms with E-state index in [4.69, 9.17) is 11.1 Å². The predicted molar refractivity (Wildman–Crippen MR) is 133 cm³/mol. The molecular weight excluding hydrogens is 406 g/mol. The average molecular weight is 430 g/mol. The molecule has 33 heavy (non-hydrogen) atoms. The number of hydrogen-bond acceptors (Lipinski definition) is 4. The zero-order chi connectivity index (χ0) is 22.5. The highest BCUT2D eigenvalue weighted by Gasteiger charge is 2.32. The Balaban J connectivity index is 1.87. The van der Waals surface area contributed by atoms with Crippen molar-refractivity contribution >= 4 is 22.3 Å². The fourth-order valence-electron chi connectivity index (χ4n) is 5.03. The predicted octanol–water partition coefficient (Wildman–Crippen LogP) is 5.58. The minimum Gasteiger partial charge on any atom is -0.384 e. The Kier molecular flexibility index (Phi) is 4.30. The van der Waals surface area contributed by atoms with Crippen molar-refractivity contribution in [2.24, 2.45) is 0 Å². The number of nitrogens with one attached hydrogen (secondary N) is 2. The Morgan fingerprint density at radius 3 is 2.30 bits per heavy atom. The van der Waals surface area contributed by atoms with Gasteiger partial charge in [0.05, 0.1) is 34.2 Å². The quantitative estimate of drug-likeness (QED) is 0.343. The van der Waals surface area contributed by atoms with E-state index in [9.17, 15) is 0 Å². The fourth-order valence-corrected chi connectivity index (χ4v) is 5.03. The topological polar surface area (TPSA) is 79.7 Å². The second kappa shape index (κ2) is 7.35. The Hall–Kier alpha value is -4.38. The molecule has 0 radical (unpaired) electrons. The third-order valence-corrected chi connectivity index (χ3v) is 6.34. The molecule has 0 aliphatic carbocycles. The molecule has 0 spiro atoms. The molecule has 0 fully saturated rings. The molecule has 1 aliphatic heterocycles. The van der Waals surface area contributed by atoms with Crippen LogP contribution in [0.2, 0.25) is 0 Å². The largest absolute Gasteiger partial charge is 0.384 e. The van der Waals surface area contributed by atoms with Crippen LogP contribution in [0, 0.1) is 12.3 Å². The van der Waals surface area contributed by atoms with Crippen molar-refractivity contribution < 1.29 is 0 Å². The molecule has 3 heterocycles. The second-order valence-corrected chi connectivity index (χ2v) is 8.40. The van der Waals surface area contributed by atoms with E-state index < -0.39 is 0 Å². The minimum absolute atomic E-state index is 0.0946. The number of aryl methyl sites for hydroxylation is 1. The highest BCUT2D eigenvalue weighted by atomic mass is 15.1. The number of hydrogen-bond donors (Lipinski definition) is 3. The van der Waals surface area contributed by atoms with Gasteiger partial charge in [0.1, 0.15) is 5.82 Å². The van der Waals surface area contributed by atoms with Gasteiger partial charge in [-0.1, -0.05) is 72.8 Å². The van der Waals surface area contributed by atoms with Crippen LogP contribution in [0.25, 0.3) is 27.7 Å². The highest BCUT2D eigenvalue weighted by Crippen LogP contribution is 2.46. The van der Waals surface area contributed by atoms with E-state index in [1.54, 1.807) is 0 Å². The Morgan fingerprint density at radius 2 is 1.55 bits per heavy atom. The molecule has 160 valence electrons. The molecule has 3 aromatic carbocycles. The number of rotatable bonds is 2. The van der Waals surface area contributed by atoms with Crippen molar-refractivity contribution in [2.45, 2.75) is 13.0 Å². The van der Waals surface area contributed by atoms with Crippen molar-refractivity contribution in [3.8, 4) is 16.9 Å². The summed E-state index contributed by atoms with van der Waals surface area (Å²) in [4.78, 5) is 4.42. The summed E-state index contributed by atoms with van der Waals surface area (Å²) in [6.45, 7) is 2.05. The summed E-state index contributed by atoms with van der Waals surface area (Å²) in [5.41, 5.74) is 13.7. The molecule has 5 aromatic rings. The van der Waals surface area contributed by atoms with Crippen LogP contribution < -0.4 is 16.5 Å². The maximum absolute atomic E-state index is 8.92. The van der Waals surface area contributed by atoms with E-state index in [0.717, 1.165) is 50.2 Å². The van der Waals surface area contributed by atoms with Crippen molar-refractivity contribution in [3.63, 3.8) is 0 Å². The molecule has 0 saturated heterocycles. The van der Waals surface area contributed by atoms with Gasteiger partial charge in [-0.3, -0.25) is 5.41 Å². The SMILES string of the molecule is Cc1cc(N)nc(=N)c2c(-c3ccccc3)n3c(c12)C(c1ccccc1)Nc1ccccc1-3. The Bertz CT molecular complexity index is 1570. The lowest BCUT2D eigenvalue weighted by molar-refractivity contribution is 0.820. The van der Waals surface area contributed by atoms with Gasteiger partial charge in [-0.05, 0) is 41.8 Å². The van der Waals surface area contributed by atoms with Gasteiger partial charge < -0.3 is 15.6 Å². The molecule has 6 rings (SSSR count). The number of aromatic nitrogens is 2. The van der Waals surface area contributed by atoms with Gasteiger partial charge >= 0.3 is 0 Å². The summed E-state index contributed by atoms with van der Waals surface area (Å²) in [6.07, 6.45) is 0. The number of para-hydroxylation sites is 2. The number of anilines is 2. The zero-order valence-electron chi connectivity index (χ0n) is 18.2. The molecule has 5 nitrogen and oxygen atoms in total. The maximum Gasteiger partial charge on any atom is 0.157 e. The van der Waals surface area contributed by atoms with Gasteiger partial charge in [-0.15, -0.1) is 0 Å². The number of nitrogen functional groups attached to an aromatic ring is 1. The van der Waals surface area contributed by atoms with Gasteiger partial charge in [-0.25, -0.2) is 4.98 Å². The first kappa shape index (κ1) is 19.3. The third kappa shape index (κ3) is 2.93. The number of fused-ring (bicyclic) bond motifs is 5. The first-order chi connectivity index (χ1) is 16.1. The molecule has 4 N–H and O–H groups in total. The van der Waals surface area contributed by atoms with E-state index in [-0.39, 0.29) is 11.5 Å². The van der Waals surface area contributed by atoms with Crippen LogP contribution in [0.1, 0.15) is 22.9 Å². The van der Waals surface area contributed by atoms with E-state index in [1.807, 2.05) is 36.4 Å². The van der Waals surface area contributed by atoms with Crippen molar-refractivity contribution in [1.29, 1.82) is 5.41 Å². The van der Waals surface area contributed by atoms with E-state index in [1.165, 1.54) is 0 Å². The summed E-state index contributed by atoms with van der Waals surface area (Å²) in [6, 6.07) is 30.8. The van der Waals surface area contributed by atoms with Gasteiger partial charge in [0.15, 0.2) is 5.49 Å². The first-order valence-corrected chi connectivity index (χ1v) is 11.0. The molecule has 0 saturated carbocycles. The summed E-state index contributed by atoms with van der Waals surface area (Å²) < 4.78 is 2.31. The fraction of sp³-hybridized carbons (Fsp3) is 0.0714. The van der Waals surface area contributed by atoms with Crippen LogP contribution >= 0.6 is 0 Å². The molecule has 0 amide bonds. The molecule has 5 heteroatoms. The Labute approximate surface area is 191 Å². The van der Waals surface area contributed by atoms with Gasteiger partial charge in [-0.2, -0.15) is 0 Å². The van der Waals surface area contributed by atoms with E-state index in [2.05, 4.69) is 76.4 Å². The molecule has 1 aliphatic rings. The van der Waals surface area contributed by atoms with Gasteiger partial charge in [0.25, 0.3) is 0 Å². The minimum atomic E-state index is -0.0946. The molecular formula is C28H23N5. The Morgan fingerprint density at radius 1 is 0.879 bits per heavy atom. The highest BCUT2D eigenvalue weighted by molar-refractivity contribution is 6.02. The number of benzene rings is 3. The molecule has 1 unspecified atom stereocenters. The molecule has 2 aromatic heterocycles. The van der Waals surface area contributed by atoms with Crippen LogP contribution in [-0.4, -0.2) is 9.55 Å². The van der Waals surface area contributed by atoms with Crippen LogP contribution in [0.4, 0.5) is 11.5 Å². The first-order valence-electron chi connectivity index (χ1n) is 11.0. The summed E-state index contributed by atoms with van der Waals surface area (Å²) >= 11 is 0. The second-order valence-electron chi connectivity index (χ2n) is 8.40. The van der Waals surface area contributed by atoms with Gasteiger partial charge in [0.2, 0.25) is 0 Å². The van der Waals surface area contributed by atoms with Gasteiger partial charge in [0, 0.05) is 5.39 Å². The van der Waals surface area contributed by atoms with E-state index in [0.29, 0.717) is 5.82 Å². The van der Waals surface area contributed by atoms with Crippen molar-refractivity contribution in [1.82, 2.24) is 9.55 Å². The lowest BCUT2D eigenvalue weighted by Gasteiger charge is -2.31. The standard InChI is InChI=1S/C28H23N5/c1-17-16-22(29)32-28(30)24-23(17)27-25(18-10-4-2-5-11-18)31-20-14-8-9-15-21(20)33(27)26(24)19-12-6-3-7-13-19/h2-16,25,31H,1H3,(H3,29,30,32). The molecule has 0 bridgehead atoms. The van der Waals surface area contributed by atoms with Crippen LogP contribution in [-0.2, 0) is 0 Å². The van der Waals surface area contributed by atoms with Crippen LogP contribution in [0.3, 0.4) is 0 Å². The smallest absolute Gasteiger partial charge is 0.157 e. The summed E-state index contributed by atoms with van der Waals surface area (Å²) in [5, 5.41) is 14.5. The van der Waals surface area contributed by atoms with Crippen molar-refractivity contribution in [3.05, 3.63) is 113 Å². The van der Waals surface area contributed by atoms with E-state index >= 15 is 0 Å². The number of nitrogens with two attached hydrogens (primary N) is 1. The normalized spacial score (nSPS) is 14.4.